The summed E-state index contributed by atoms with van der Waals surface area (Å²) in [7, 11) is 0. The number of amides is 4. The molecule has 0 radical (unpaired) electrons. The smallest absolute Gasteiger partial charge is 0.303 e. The summed E-state index contributed by atoms with van der Waals surface area (Å²) in [6.07, 6.45) is 1.72. The third kappa shape index (κ3) is 8.76. The number of carbonyl (C=O) groups is 5. The Morgan fingerprint density at radius 2 is 1.70 bits per heavy atom. The second-order valence-electron chi connectivity index (χ2n) is 7.53. The van der Waals surface area contributed by atoms with E-state index in [1.165, 1.54) is 13.8 Å². The molecule has 170 valence electrons. The number of primary amides is 1. The molecule has 1 unspecified atom stereocenters. The van der Waals surface area contributed by atoms with Gasteiger partial charge in [0, 0.05) is 13.3 Å². The van der Waals surface area contributed by atoms with E-state index in [-0.39, 0.29) is 30.9 Å². The van der Waals surface area contributed by atoms with Gasteiger partial charge in [0.25, 0.3) is 0 Å². The summed E-state index contributed by atoms with van der Waals surface area (Å²) < 4.78 is 5.83. The summed E-state index contributed by atoms with van der Waals surface area (Å²) in [5.41, 5.74) is 5.19. The number of carbonyl (C=O) groups excluding carboxylic acids is 4. The number of hydrogen-bond donors (Lipinski definition) is 5. The minimum atomic E-state index is -1.15. The van der Waals surface area contributed by atoms with Crippen LogP contribution in [0.2, 0.25) is 0 Å². The second-order valence-corrected chi connectivity index (χ2v) is 7.53. The Morgan fingerprint density at radius 3 is 2.27 bits per heavy atom. The van der Waals surface area contributed by atoms with Crippen molar-refractivity contribution in [3.63, 3.8) is 0 Å². The molecular formula is C19H32N4O7. The number of rotatable bonds is 11. The Morgan fingerprint density at radius 1 is 1.07 bits per heavy atom. The van der Waals surface area contributed by atoms with Gasteiger partial charge in [0.1, 0.15) is 18.2 Å². The van der Waals surface area contributed by atoms with E-state index in [1.807, 2.05) is 0 Å². The van der Waals surface area contributed by atoms with Crippen molar-refractivity contribution in [1.82, 2.24) is 16.0 Å². The molecule has 1 saturated carbocycles. The van der Waals surface area contributed by atoms with Crippen LogP contribution >= 0.6 is 0 Å². The molecule has 1 aliphatic carbocycles. The van der Waals surface area contributed by atoms with Gasteiger partial charge < -0.3 is 31.5 Å². The first-order valence-electron chi connectivity index (χ1n) is 10.1. The van der Waals surface area contributed by atoms with Crippen LogP contribution < -0.4 is 21.7 Å². The molecule has 0 aromatic heterocycles. The number of carboxylic acids is 1. The molecule has 6 N–H and O–H groups in total. The highest BCUT2D eigenvalue weighted by Crippen LogP contribution is 2.22. The van der Waals surface area contributed by atoms with E-state index in [0.717, 1.165) is 19.3 Å². The quantitative estimate of drug-likeness (QED) is 0.285. The second kappa shape index (κ2) is 12.1. The number of ether oxygens (including phenoxy) is 1. The minimum Gasteiger partial charge on any atom is -0.481 e. The van der Waals surface area contributed by atoms with Gasteiger partial charge in [-0.1, -0.05) is 12.8 Å². The molecule has 0 spiro atoms. The maximum Gasteiger partial charge on any atom is 0.303 e. The molecule has 11 heteroatoms. The molecule has 11 nitrogen and oxygen atoms in total. The first kappa shape index (κ1) is 25.3. The number of carboxylic acid groups (broad SMARTS) is 1. The van der Waals surface area contributed by atoms with Gasteiger partial charge in [-0.3, -0.25) is 24.0 Å². The minimum absolute atomic E-state index is 0.150. The van der Waals surface area contributed by atoms with Crippen molar-refractivity contribution in [2.45, 2.75) is 89.6 Å². The van der Waals surface area contributed by atoms with E-state index in [9.17, 15) is 24.0 Å². The van der Waals surface area contributed by atoms with Crippen LogP contribution in [-0.2, 0) is 28.7 Å². The fraction of sp³-hybridized carbons (Fsp3) is 0.737. The predicted molar refractivity (Wildman–Crippen MR) is 106 cm³/mol. The Bertz CT molecular complexity index is 655. The van der Waals surface area contributed by atoms with Crippen LogP contribution in [0.4, 0.5) is 0 Å². The maximum absolute atomic E-state index is 12.4. The molecule has 0 aliphatic heterocycles. The zero-order valence-electron chi connectivity index (χ0n) is 17.6. The highest BCUT2D eigenvalue weighted by molar-refractivity contribution is 5.92. The largest absolute Gasteiger partial charge is 0.481 e. The van der Waals surface area contributed by atoms with Crippen molar-refractivity contribution in [1.29, 1.82) is 0 Å². The third-order valence-corrected chi connectivity index (χ3v) is 4.90. The molecule has 1 rings (SSSR count). The lowest BCUT2D eigenvalue weighted by Crippen LogP contribution is -2.54. The molecule has 4 amide bonds. The van der Waals surface area contributed by atoms with Crippen molar-refractivity contribution in [2.24, 2.45) is 5.73 Å². The van der Waals surface area contributed by atoms with Crippen LogP contribution in [0.5, 0.6) is 0 Å². The van der Waals surface area contributed by atoms with Gasteiger partial charge in [-0.15, -0.1) is 0 Å². The molecule has 1 fully saturated rings. The summed E-state index contributed by atoms with van der Waals surface area (Å²) in [5, 5.41) is 16.4. The lowest BCUT2D eigenvalue weighted by Gasteiger charge is -2.33. The van der Waals surface area contributed by atoms with E-state index in [1.54, 1.807) is 6.92 Å². The van der Waals surface area contributed by atoms with Crippen LogP contribution in [0.3, 0.4) is 0 Å². The van der Waals surface area contributed by atoms with E-state index >= 15 is 0 Å². The number of nitrogens with one attached hydrogen (secondary N) is 3. The summed E-state index contributed by atoms with van der Waals surface area (Å²) in [6.45, 7) is 4.41. The van der Waals surface area contributed by atoms with Crippen molar-refractivity contribution >= 4 is 29.6 Å². The highest BCUT2D eigenvalue weighted by atomic mass is 16.5. The van der Waals surface area contributed by atoms with Crippen LogP contribution in [0.25, 0.3) is 0 Å². The normalized spacial score (nSPS) is 21.6. The Balaban J connectivity index is 2.58. The summed E-state index contributed by atoms with van der Waals surface area (Å²) in [5.74, 6) is -3.33. The Kier molecular flexibility index (Phi) is 10.2. The Hall–Kier alpha value is -2.69. The van der Waals surface area contributed by atoms with Gasteiger partial charge in [0.15, 0.2) is 0 Å². The monoisotopic (exact) mass is 428 g/mol. The zero-order valence-corrected chi connectivity index (χ0v) is 17.6. The van der Waals surface area contributed by atoms with Gasteiger partial charge >= 0.3 is 5.97 Å². The Labute approximate surface area is 175 Å². The van der Waals surface area contributed by atoms with E-state index in [2.05, 4.69) is 16.0 Å². The topological polar surface area (TPSA) is 177 Å². The lowest BCUT2D eigenvalue weighted by atomic mass is 9.92. The van der Waals surface area contributed by atoms with Gasteiger partial charge in [-0.2, -0.15) is 0 Å². The maximum atomic E-state index is 12.4. The molecule has 0 bridgehead atoms. The molecular weight excluding hydrogens is 396 g/mol. The fourth-order valence-electron chi connectivity index (χ4n) is 3.26. The van der Waals surface area contributed by atoms with Crippen LogP contribution in [0.15, 0.2) is 0 Å². The summed E-state index contributed by atoms with van der Waals surface area (Å²) in [4.78, 5) is 58.1. The summed E-state index contributed by atoms with van der Waals surface area (Å²) >= 11 is 0. The van der Waals surface area contributed by atoms with Crippen LogP contribution in [0.1, 0.15) is 59.3 Å². The first-order chi connectivity index (χ1) is 14.0. The predicted octanol–water partition coefficient (Wildman–Crippen LogP) is -0.822. The van der Waals surface area contributed by atoms with E-state index in [4.69, 9.17) is 15.6 Å². The standard InChI is InChI=1S/C19H32N4O7/c1-10(18(28)23-14(17(20)27)8-9-16(25)26)21-19(29)11(2)30-15-7-5-4-6-13(15)22-12(3)24/h10-11,13-15H,4-9H2,1-3H3,(H2,20,27)(H,21,29)(H,22,24)(H,23,28)(H,25,26)/t10-,11?,13+,14+,15+/m0/s1. The number of hydrogen-bond acceptors (Lipinski definition) is 6. The highest BCUT2D eigenvalue weighted by Gasteiger charge is 2.31. The van der Waals surface area contributed by atoms with Gasteiger partial charge in [-0.05, 0) is 33.1 Å². The van der Waals surface area contributed by atoms with Crippen molar-refractivity contribution in [3.8, 4) is 0 Å². The van der Waals surface area contributed by atoms with E-state index in [0.29, 0.717) is 6.42 Å². The molecule has 0 saturated heterocycles. The van der Waals surface area contributed by atoms with Gasteiger partial charge in [0.2, 0.25) is 23.6 Å². The molecule has 5 atom stereocenters. The third-order valence-electron chi connectivity index (χ3n) is 4.90. The van der Waals surface area contributed by atoms with Crippen LogP contribution in [-0.4, -0.2) is 65.0 Å². The zero-order chi connectivity index (χ0) is 22.8. The number of nitrogens with two attached hydrogens (primary N) is 1. The molecule has 1 aliphatic rings. The number of aliphatic carboxylic acids is 1. The fourth-order valence-corrected chi connectivity index (χ4v) is 3.26. The van der Waals surface area contributed by atoms with Gasteiger partial charge in [0.05, 0.1) is 12.1 Å². The van der Waals surface area contributed by atoms with Gasteiger partial charge in [-0.25, -0.2) is 0 Å². The molecule has 0 aromatic carbocycles. The molecule has 0 aromatic rings. The lowest BCUT2D eigenvalue weighted by molar-refractivity contribution is -0.141. The molecule has 0 heterocycles. The first-order valence-corrected chi connectivity index (χ1v) is 10.1. The van der Waals surface area contributed by atoms with Crippen molar-refractivity contribution in [3.05, 3.63) is 0 Å². The van der Waals surface area contributed by atoms with Crippen LogP contribution in [0, 0.1) is 0 Å². The van der Waals surface area contributed by atoms with Crippen molar-refractivity contribution < 1.29 is 33.8 Å². The SMILES string of the molecule is CC(=O)N[C@@H]1CCCC[C@H]1OC(C)C(=O)N[C@@H](C)C(=O)N[C@H](CCC(=O)O)C(N)=O. The molecule has 30 heavy (non-hydrogen) atoms. The average molecular weight is 428 g/mol. The van der Waals surface area contributed by atoms with Crippen molar-refractivity contribution in [2.75, 3.05) is 0 Å². The van der Waals surface area contributed by atoms with E-state index < -0.39 is 41.9 Å². The average Bonchev–Trinajstić information content (AvgIpc) is 2.65. The summed E-state index contributed by atoms with van der Waals surface area (Å²) in [6, 6.07) is -2.31.